The summed E-state index contributed by atoms with van der Waals surface area (Å²) < 4.78 is 1.00. The number of halogens is 1. The summed E-state index contributed by atoms with van der Waals surface area (Å²) in [5.41, 5.74) is 8.58. The van der Waals surface area contributed by atoms with E-state index in [1.165, 1.54) is 0 Å². The zero-order chi connectivity index (χ0) is 14.1. The molecule has 0 radical (unpaired) electrons. The molecule has 0 spiro atoms. The Morgan fingerprint density at radius 2 is 2.20 bits per heavy atom. The summed E-state index contributed by atoms with van der Waals surface area (Å²) in [6, 6.07) is 6.24. The first-order valence-corrected chi connectivity index (χ1v) is 7.71. The van der Waals surface area contributed by atoms with Crippen LogP contribution < -0.4 is 11.1 Å². The number of aromatic nitrogens is 1. The predicted molar refractivity (Wildman–Crippen MR) is 85.7 cm³/mol. The lowest BCUT2D eigenvalue weighted by Gasteiger charge is -2.28. The van der Waals surface area contributed by atoms with Gasteiger partial charge in [-0.3, -0.25) is 4.98 Å². The van der Waals surface area contributed by atoms with Crippen molar-refractivity contribution in [3.63, 3.8) is 0 Å². The standard InChI is InChI=1S/C15H18BrN3O/c16-9-4-5-14-12(6-9)15(13(17)8-18-14)19-10-2-1-3-11(20)7-10/h4-6,8,10-11,20H,1-3,7,17H2,(H,18,19). The van der Waals surface area contributed by atoms with Crippen molar-refractivity contribution in [1.82, 2.24) is 4.98 Å². The van der Waals surface area contributed by atoms with Gasteiger partial charge in [0, 0.05) is 15.9 Å². The van der Waals surface area contributed by atoms with Crippen molar-refractivity contribution < 1.29 is 5.11 Å². The highest BCUT2D eigenvalue weighted by Crippen LogP contribution is 2.32. The number of aliphatic hydroxyl groups excluding tert-OH is 1. The lowest BCUT2D eigenvalue weighted by molar-refractivity contribution is 0.124. The fourth-order valence-electron chi connectivity index (χ4n) is 2.84. The van der Waals surface area contributed by atoms with Gasteiger partial charge in [-0.2, -0.15) is 0 Å². The van der Waals surface area contributed by atoms with Crippen LogP contribution in [0, 0.1) is 0 Å². The molecule has 0 amide bonds. The lowest BCUT2D eigenvalue weighted by Crippen LogP contribution is -2.30. The van der Waals surface area contributed by atoms with Crippen molar-refractivity contribution in [3.05, 3.63) is 28.9 Å². The molecule has 1 aromatic heterocycles. The highest BCUT2D eigenvalue weighted by molar-refractivity contribution is 9.10. The van der Waals surface area contributed by atoms with Gasteiger partial charge in [-0.25, -0.2) is 0 Å². The number of anilines is 2. The summed E-state index contributed by atoms with van der Waals surface area (Å²) in [7, 11) is 0. The van der Waals surface area contributed by atoms with Crippen LogP contribution in [0.4, 0.5) is 11.4 Å². The van der Waals surface area contributed by atoms with Gasteiger partial charge in [-0.1, -0.05) is 15.9 Å². The topological polar surface area (TPSA) is 71.2 Å². The minimum atomic E-state index is -0.206. The number of pyridine rings is 1. The zero-order valence-corrected chi connectivity index (χ0v) is 12.7. The molecular formula is C15H18BrN3O. The number of hydrogen-bond acceptors (Lipinski definition) is 4. The van der Waals surface area contributed by atoms with Crippen molar-refractivity contribution in [2.24, 2.45) is 0 Å². The predicted octanol–water partition coefficient (Wildman–Crippen LogP) is 3.29. The SMILES string of the molecule is Nc1cnc2ccc(Br)cc2c1NC1CCCC(O)C1. The average molecular weight is 336 g/mol. The third kappa shape index (κ3) is 2.74. The first kappa shape index (κ1) is 13.6. The highest BCUT2D eigenvalue weighted by Gasteiger charge is 2.21. The maximum absolute atomic E-state index is 9.79. The van der Waals surface area contributed by atoms with Gasteiger partial charge < -0.3 is 16.2 Å². The molecule has 1 aliphatic rings. The Morgan fingerprint density at radius 1 is 1.35 bits per heavy atom. The minimum Gasteiger partial charge on any atom is -0.396 e. The quantitative estimate of drug-likeness (QED) is 0.787. The van der Waals surface area contributed by atoms with E-state index in [1.54, 1.807) is 6.20 Å². The number of fused-ring (bicyclic) bond motifs is 1. The molecule has 4 N–H and O–H groups in total. The number of benzene rings is 1. The first-order valence-electron chi connectivity index (χ1n) is 6.92. The van der Waals surface area contributed by atoms with Gasteiger partial charge >= 0.3 is 0 Å². The Hall–Kier alpha value is -1.33. The Morgan fingerprint density at radius 3 is 3.00 bits per heavy atom. The van der Waals surface area contributed by atoms with Gasteiger partial charge in [0.1, 0.15) is 0 Å². The smallest absolute Gasteiger partial charge is 0.0743 e. The molecule has 1 aliphatic carbocycles. The second-order valence-electron chi connectivity index (χ2n) is 5.41. The molecule has 1 aromatic carbocycles. The number of nitrogens with one attached hydrogen (secondary N) is 1. The third-order valence-corrected chi connectivity index (χ3v) is 4.35. The largest absolute Gasteiger partial charge is 0.396 e. The second-order valence-corrected chi connectivity index (χ2v) is 6.33. The van der Waals surface area contributed by atoms with Crippen molar-refractivity contribution in [2.45, 2.75) is 37.8 Å². The molecule has 1 saturated carbocycles. The van der Waals surface area contributed by atoms with Crippen LogP contribution in [-0.2, 0) is 0 Å². The number of nitrogens with zero attached hydrogens (tertiary/aromatic N) is 1. The molecule has 2 unspecified atom stereocenters. The van der Waals surface area contributed by atoms with Gasteiger partial charge in [0.25, 0.3) is 0 Å². The summed E-state index contributed by atoms with van der Waals surface area (Å²) in [6.45, 7) is 0. The molecule has 0 bridgehead atoms. The summed E-state index contributed by atoms with van der Waals surface area (Å²) in [5, 5.41) is 14.3. The monoisotopic (exact) mass is 335 g/mol. The maximum Gasteiger partial charge on any atom is 0.0743 e. The lowest BCUT2D eigenvalue weighted by atomic mass is 9.92. The van der Waals surface area contributed by atoms with Crippen molar-refractivity contribution in [2.75, 3.05) is 11.1 Å². The first-order chi connectivity index (χ1) is 9.63. The molecule has 2 atom stereocenters. The molecule has 1 fully saturated rings. The fraction of sp³-hybridized carbons (Fsp3) is 0.400. The molecule has 3 rings (SSSR count). The van der Waals surface area contributed by atoms with Gasteiger partial charge in [-0.15, -0.1) is 0 Å². The highest BCUT2D eigenvalue weighted by atomic mass is 79.9. The molecule has 20 heavy (non-hydrogen) atoms. The van der Waals surface area contributed by atoms with Crippen LogP contribution in [0.2, 0.25) is 0 Å². The molecule has 2 aromatic rings. The molecule has 0 aliphatic heterocycles. The van der Waals surface area contributed by atoms with E-state index >= 15 is 0 Å². The number of nitrogen functional groups attached to an aromatic ring is 1. The molecule has 106 valence electrons. The molecule has 1 heterocycles. The Balaban J connectivity index is 1.97. The van der Waals surface area contributed by atoms with Crippen LogP contribution in [0.25, 0.3) is 10.9 Å². The van der Waals surface area contributed by atoms with Crippen molar-refractivity contribution in [3.8, 4) is 0 Å². The van der Waals surface area contributed by atoms with Gasteiger partial charge in [0.2, 0.25) is 0 Å². The van der Waals surface area contributed by atoms with E-state index in [-0.39, 0.29) is 12.1 Å². The van der Waals surface area contributed by atoms with Crippen LogP contribution >= 0.6 is 15.9 Å². The van der Waals surface area contributed by atoms with Crippen LogP contribution in [0.15, 0.2) is 28.9 Å². The van der Waals surface area contributed by atoms with Gasteiger partial charge in [0.05, 0.1) is 29.2 Å². The third-order valence-electron chi connectivity index (χ3n) is 3.85. The molecular weight excluding hydrogens is 318 g/mol. The molecule has 4 nitrogen and oxygen atoms in total. The van der Waals surface area contributed by atoms with E-state index in [2.05, 4.69) is 26.2 Å². The number of hydrogen-bond donors (Lipinski definition) is 3. The van der Waals surface area contributed by atoms with Crippen LogP contribution in [0.3, 0.4) is 0 Å². The number of nitrogens with two attached hydrogens (primary N) is 1. The normalized spacial score (nSPS) is 22.9. The number of aliphatic hydroxyl groups is 1. The van der Waals surface area contributed by atoms with E-state index < -0.39 is 0 Å². The van der Waals surface area contributed by atoms with E-state index in [9.17, 15) is 5.11 Å². The molecule has 0 saturated heterocycles. The minimum absolute atomic E-state index is 0.206. The Kier molecular flexibility index (Phi) is 3.81. The zero-order valence-electron chi connectivity index (χ0n) is 11.1. The molecule has 5 heteroatoms. The van der Waals surface area contributed by atoms with Crippen molar-refractivity contribution >= 4 is 38.2 Å². The summed E-state index contributed by atoms with van der Waals surface area (Å²) in [4.78, 5) is 4.36. The van der Waals surface area contributed by atoms with Crippen LogP contribution in [0.5, 0.6) is 0 Å². The Labute approximate surface area is 126 Å². The average Bonchev–Trinajstić information content (AvgIpc) is 2.42. The van der Waals surface area contributed by atoms with Gasteiger partial charge in [0.15, 0.2) is 0 Å². The van der Waals surface area contributed by atoms with E-state index in [0.29, 0.717) is 5.69 Å². The van der Waals surface area contributed by atoms with Crippen LogP contribution in [0.1, 0.15) is 25.7 Å². The van der Waals surface area contributed by atoms with Crippen molar-refractivity contribution in [1.29, 1.82) is 0 Å². The number of rotatable bonds is 2. The maximum atomic E-state index is 9.79. The van der Waals surface area contributed by atoms with Gasteiger partial charge in [-0.05, 0) is 43.9 Å². The Bertz CT molecular complexity index is 627. The second kappa shape index (κ2) is 5.58. The van der Waals surface area contributed by atoms with E-state index in [0.717, 1.165) is 46.7 Å². The fourth-order valence-corrected chi connectivity index (χ4v) is 3.20. The van der Waals surface area contributed by atoms with Crippen LogP contribution in [-0.4, -0.2) is 22.2 Å². The summed E-state index contributed by atoms with van der Waals surface area (Å²) in [5.74, 6) is 0. The summed E-state index contributed by atoms with van der Waals surface area (Å²) >= 11 is 3.49. The van der Waals surface area contributed by atoms with E-state index in [1.807, 2.05) is 18.2 Å². The van der Waals surface area contributed by atoms with E-state index in [4.69, 9.17) is 5.73 Å². The summed E-state index contributed by atoms with van der Waals surface area (Å²) in [6.07, 6.45) is 5.27.